The van der Waals surface area contributed by atoms with Crippen molar-refractivity contribution < 1.29 is 0 Å². The molecule has 15 heavy (non-hydrogen) atoms. The van der Waals surface area contributed by atoms with Gasteiger partial charge in [-0.2, -0.15) is 0 Å². The molecule has 0 fully saturated rings. The van der Waals surface area contributed by atoms with E-state index in [1.807, 2.05) is 6.07 Å². The first-order chi connectivity index (χ1) is 7.20. The van der Waals surface area contributed by atoms with Crippen LogP contribution in [0.25, 0.3) is 0 Å². The zero-order chi connectivity index (χ0) is 10.8. The van der Waals surface area contributed by atoms with E-state index in [0.29, 0.717) is 11.3 Å². The van der Waals surface area contributed by atoms with Crippen molar-refractivity contribution in [1.82, 2.24) is 14.8 Å². The molecule has 0 aliphatic rings. The topological polar surface area (TPSA) is 53.6 Å². The van der Waals surface area contributed by atoms with Gasteiger partial charge in [-0.3, -0.25) is 9.67 Å². The lowest BCUT2D eigenvalue weighted by atomic mass is 10.4. The largest absolute Gasteiger partial charge is 0.342 e. The summed E-state index contributed by atoms with van der Waals surface area (Å²) in [5.74, 6) is 0. The highest BCUT2D eigenvalue weighted by atomic mass is 32.1. The molecule has 0 amide bonds. The lowest BCUT2D eigenvalue weighted by molar-refractivity contribution is 0.761. The summed E-state index contributed by atoms with van der Waals surface area (Å²) in [7, 11) is 0. The Morgan fingerprint density at radius 3 is 2.67 bits per heavy atom. The monoisotopic (exact) mass is 241 g/mol. The zero-order valence-electron chi connectivity index (χ0n) is 8.24. The minimum Gasteiger partial charge on any atom is -0.272 e. The van der Waals surface area contributed by atoms with Gasteiger partial charge in [0.2, 0.25) is 0 Å². The fraction of sp³-hybridized carbons (Fsp3) is 0.333. The lowest BCUT2D eigenvalue weighted by Gasteiger charge is -1.95. The average Bonchev–Trinajstić information content (AvgIpc) is 2.80. The number of thiophene rings is 1. The van der Waals surface area contributed by atoms with Crippen LogP contribution < -0.4 is 5.69 Å². The van der Waals surface area contributed by atoms with Crippen molar-refractivity contribution >= 4 is 23.6 Å². The van der Waals surface area contributed by atoms with Crippen molar-refractivity contribution in [2.75, 3.05) is 0 Å². The maximum Gasteiger partial charge on any atom is 0.342 e. The number of H-pyrrole nitrogens is 2. The highest BCUT2D eigenvalue weighted by molar-refractivity contribution is 7.71. The molecule has 2 heterocycles. The molecule has 0 saturated heterocycles. The van der Waals surface area contributed by atoms with Crippen molar-refractivity contribution in [3.05, 3.63) is 37.1 Å². The van der Waals surface area contributed by atoms with Crippen LogP contribution in [0.3, 0.4) is 0 Å². The van der Waals surface area contributed by atoms with Crippen molar-refractivity contribution in [3.63, 3.8) is 0 Å². The molecule has 0 aliphatic carbocycles. The number of nitrogens with zero attached hydrogens (tertiary/aromatic N) is 1. The van der Waals surface area contributed by atoms with Gasteiger partial charge in [-0.25, -0.2) is 9.89 Å². The summed E-state index contributed by atoms with van der Waals surface area (Å²) in [5, 5.41) is 5.08. The maximum absolute atomic E-state index is 11.3. The quantitative estimate of drug-likeness (QED) is 0.806. The van der Waals surface area contributed by atoms with Crippen LogP contribution in [0.4, 0.5) is 0 Å². The SMILES string of the molecule is CCc1ccc(Cn2c(=O)[nH][nH]c2=S)s1. The van der Waals surface area contributed by atoms with E-state index in [4.69, 9.17) is 12.2 Å². The van der Waals surface area contributed by atoms with E-state index in [1.54, 1.807) is 11.3 Å². The molecule has 2 aromatic heterocycles. The van der Waals surface area contributed by atoms with Crippen molar-refractivity contribution in [2.45, 2.75) is 19.9 Å². The molecular formula is C9H11N3OS2. The van der Waals surface area contributed by atoms with E-state index >= 15 is 0 Å². The van der Waals surface area contributed by atoms with Gasteiger partial charge in [0.15, 0.2) is 4.77 Å². The second-order valence-electron chi connectivity index (χ2n) is 3.17. The zero-order valence-corrected chi connectivity index (χ0v) is 9.87. The molecule has 0 unspecified atom stereocenters. The Morgan fingerprint density at radius 1 is 1.40 bits per heavy atom. The standard InChI is InChI=1S/C9H11N3OS2/c1-2-6-3-4-7(15-6)5-12-8(13)10-11-9(12)14/h3-4H,2,5H2,1H3,(H,10,13)(H,11,14). The Labute approximate surface area is 95.6 Å². The number of aromatic nitrogens is 3. The highest BCUT2D eigenvalue weighted by Gasteiger charge is 2.03. The fourth-order valence-electron chi connectivity index (χ4n) is 1.33. The third kappa shape index (κ3) is 2.10. The second-order valence-corrected chi connectivity index (χ2v) is 4.81. The Morgan fingerprint density at radius 2 is 2.13 bits per heavy atom. The van der Waals surface area contributed by atoms with Gasteiger partial charge in [0.05, 0.1) is 6.54 Å². The molecule has 0 spiro atoms. The summed E-state index contributed by atoms with van der Waals surface area (Å²) in [6.07, 6.45) is 1.03. The van der Waals surface area contributed by atoms with Crippen LogP contribution in [0.2, 0.25) is 0 Å². The van der Waals surface area contributed by atoms with Gasteiger partial charge in [-0.1, -0.05) is 6.92 Å². The molecule has 0 atom stereocenters. The molecule has 0 saturated carbocycles. The van der Waals surface area contributed by atoms with Gasteiger partial charge >= 0.3 is 5.69 Å². The summed E-state index contributed by atoms with van der Waals surface area (Å²) >= 11 is 6.70. The lowest BCUT2D eigenvalue weighted by Crippen LogP contribution is -2.16. The molecule has 80 valence electrons. The van der Waals surface area contributed by atoms with Crippen LogP contribution in [0.1, 0.15) is 16.7 Å². The molecular weight excluding hydrogens is 230 g/mol. The minimum atomic E-state index is -0.188. The van der Waals surface area contributed by atoms with Crippen LogP contribution >= 0.6 is 23.6 Å². The summed E-state index contributed by atoms with van der Waals surface area (Å²) in [6.45, 7) is 2.66. The summed E-state index contributed by atoms with van der Waals surface area (Å²) in [6, 6.07) is 4.13. The third-order valence-electron chi connectivity index (χ3n) is 2.15. The van der Waals surface area contributed by atoms with Crippen molar-refractivity contribution in [3.8, 4) is 0 Å². The second kappa shape index (κ2) is 4.16. The van der Waals surface area contributed by atoms with Crippen LogP contribution in [-0.2, 0) is 13.0 Å². The van der Waals surface area contributed by atoms with E-state index < -0.39 is 0 Å². The first-order valence-corrected chi connectivity index (χ1v) is 5.88. The number of rotatable bonds is 3. The highest BCUT2D eigenvalue weighted by Crippen LogP contribution is 2.17. The molecule has 2 N–H and O–H groups in total. The van der Waals surface area contributed by atoms with Gasteiger partial charge in [0, 0.05) is 9.75 Å². The number of aromatic amines is 2. The maximum atomic E-state index is 11.3. The van der Waals surface area contributed by atoms with E-state index in [2.05, 4.69) is 23.2 Å². The number of hydrogen-bond donors (Lipinski definition) is 2. The average molecular weight is 241 g/mol. The number of hydrogen-bond acceptors (Lipinski definition) is 3. The number of aryl methyl sites for hydroxylation is 1. The van der Waals surface area contributed by atoms with Gasteiger partial charge < -0.3 is 0 Å². The molecule has 6 heteroatoms. The van der Waals surface area contributed by atoms with Crippen molar-refractivity contribution in [2.24, 2.45) is 0 Å². The summed E-state index contributed by atoms with van der Waals surface area (Å²) in [5.41, 5.74) is -0.188. The summed E-state index contributed by atoms with van der Waals surface area (Å²) in [4.78, 5) is 13.8. The van der Waals surface area contributed by atoms with Crippen LogP contribution in [-0.4, -0.2) is 14.8 Å². The Kier molecular flexibility index (Phi) is 2.88. The van der Waals surface area contributed by atoms with E-state index in [1.165, 1.54) is 9.44 Å². The normalized spacial score (nSPS) is 10.7. The van der Waals surface area contributed by atoms with Gasteiger partial charge in [0.25, 0.3) is 0 Å². The first kappa shape index (κ1) is 10.4. The first-order valence-electron chi connectivity index (χ1n) is 4.65. The third-order valence-corrected chi connectivity index (χ3v) is 3.68. The molecule has 0 radical (unpaired) electrons. The fourth-order valence-corrected chi connectivity index (χ4v) is 2.48. The van der Waals surface area contributed by atoms with E-state index in [0.717, 1.165) is 11.3 Å². The van der Waals surface area contributed by atoms with E-state index in [-0.39, 0.29) is 5.69 Å². The molecule has 0 aliphatic heterocycles. The predicted molar refractivity (Wildman–Crippen MR) is 63.0 cm³/mol. The van der Waals surface area contributed by atoms with Gasteiger partial charge in [0.1, 0.15) is 0 Å². The van der Waals surface area contributed by atoms with Crippen LogP contribution in [0, 0.1) is 4.77 Å². The van der Waals surface area contributed by atoms with Gasteiger partial charge in [-0.15, -0.1) is 11.3 Å². The smallest absolute Gasteiger partial charge is 0.272 e. The van der Waals surface area contributed by atoms with Crippen LogP contribution in [0.15, 0.2) is 16.9 Å². The van der Waals surface area contributed by atoms with E-state index in [9.17, 15) is 4.79 Å². The minimum absolute atomic E-state index is 0.188. The van der Waals surface area contributed by atoms with Crippen molar-refractivity contribution in [1.29, 1.82) is 0 Å². The number of nitrogens with one attached hydrogen (secondary N) is 2. The van der Waals surface area contributed by atoms with Crippen LogP contribution in [0.5, 0.6) is 0 Å². The van der Waals surface area contributed by atoms with Gasteiger partial charge in [-0.05, 0) is 30.8 Å². The summed E-state index contributed by atoms with van der Waals surface area (Å²) < 4.78 is 1.95. The molecule has 2 rings (SSSR count). The molecule has 0 bridgehead atoms. The molecule has 4 nitrogen and oxygen atoms in total. The Hall–Kier alpha value is -1.14. The predicted octanol–water partition coefficient (Wildman–Crippen LogP) is 1.91. The molecule has 0 aromatic carbocycles. The Balaban J connectivity index is 2.29. The Bertz CT molecular complexity index is 533. The molecule has 2 aromatic rings.